The zero-order chi connectivity index (χ0) is 33.0. The largest absolute Gasteiger partial charge is 0.477 e. The molecule has 46 heavy (non-hydrogen) atoms. The molecule has 3 aromatic rings. The van der Waals surface area contributed by atoms with E-state index in [0.717, 1.165) is 24.5 Å². The highest BCUT2D eigenvalue weighted by molar-refractivity contribution is 6.30. The number of carbonyl (C=O) groups is 2. The second-order valence-electron chi connectivity index (χ2n) is 10.9. The van der Waals surface area contributed by atoms with Crippen molar-refractivity contribution in [1.82, 2.24) is 25.1 Å². The average molecular weight is 658 g/mol. The van der Waals surface area contributed by atoms with Gasteiger partial charge in [0.1, 0.15) is 5.84 Å². The predicted octanol–water partition coefficient (Wildman–Crippen LogP) is 5.03. The number of halogens is 4. The fraction of sp³-hybridized carbons (Fsp3) is 0.406. The van der Waals surface area contributed by atoms with Crippen LogP contribution in [0.3, 0.4) is 0 Å². The topological polar surface area (TPSA) is 103 Å². The van der Waals surface area contributed by atoms with Crippen LogP contribution in [0, 0.1) is 0 Å². The van der Waals surface area contributed by atoms with Crippen LogP contribution >= 0.6 is 11.6 Å². The maximum absolute atomic E-state index is 13.8. The van der Waals surface area contributed by atoms with Gasteiger partial charge in [0, 0.05) is 50.5 Å². The molecule has 1 N–H and O–H groups in total. The van der Waals surface area contributed by atoms with Crippen molar-refractivity contribution in [3.05, 3.63) is 70.5 Å². The molecule has 1 saturated heterocycles. The first-order valence-electron chi connectivity index (χ1n) is 15.1. The Hall–Kier alpha value is -4.39. The molecular formula is C32H35ClF3N7O3. The number of hydrogen-bond acceptors (Lipinski definition) is 8. The molecule has 14 heteroatoms. The Kier molecular flexibility index (Phi) is 10.00. The van der Waals surface area contributed by atoms with Crippen molar-refractivity contribution in [3.63, 3.8) is 0 Å². The average Bonchev–Trinajstić information content (AvgIpc) is 3.47. The predicted molar refractivity (Wildman–Crippen MR) is 170 cm³/mol. The van der Waals surface area contributed by atoms with E-state index in [1.165, 1.54) is 11.0 Å². The number of anilines is 1. The molecule has 0 unspecified atom stereocenters. The molecule has 1 atom stereocenters. The maximum atomic E-state index is 13.8. The van der Waals surface area contributed by atoms with Gasteiger partial charge < -0.3 is 24.8 Å². The van der Waals surface area contributed by atoms with Gasteiger partial charge in [0.25, 0.3) is 11.8 Å². The van der Waals surface area contributed by atoms with Crippen LogP contribution in [0.15, 0.2) is 53.7 Å². The fourth-order valence-corrected chi connectivity index (χ4v) is 5.84. The van der Waals surface area contributed by atoms with E-state index in [1.54, 1.807) is 24.4 Å². The molecule has 0 saturated carbocycles. The van der Waals surface area contributed by atoms with Crippen LogP contribution in [0.5, 0.6) is 5.88 Å². The summed E-state index contributed by atoms with van der Waals surface area (Å²) in [5, 5.41) is 2.84. The Morgan fingerprint density at radius 1 is 1.11 bits per heavy atom. The number of nitrogens with one attached hydrogen (secondary N) is 1. The Labute approximate surface area is 270 Å². The molecule has 2 amide bonds. The zero-order valence-corrected chi connectivity index (χ0v) is 26.5. The van der Waals surface area contributed by atoms with Crippen molar-refractivity contribution in [2.24, 2.45) is 4.99 Å². The van der Waals surface area contributed by atoms with Gasteiger partial charge in [-0.3, -0.25) is 14.6 Å². The van der Waals surface area contributed by atoms with Crippen LogP contribution in [0.4, 0.5) is 18.9 Å². The van der Waals surface area contributed by atoms with Crippen LogP contribution in [0.25, 0.3) is 11.3 Å². The highest BCUT2D eigenvalue weighted by Crippen LogP contribution is 2.36. The van der Waals surface area contributed by atoms with Crippen molar-refractivity contribution in [2.45, 2.75) is 32.5 Å². The summed E-state index contributed by atoms with van der Waals surface area (Å²) < 4.78 is 47.1. The summed E-state index contributed by atoms with van der Waals surface area (Å²) in [6.07, 6.45) is -2.58. The molecule has 5 rings (SSSR count). The quantitative estimate of drug-likeness (QED) is 0.344. The number of amides is 2. The fourth-order valence-electron chi connectivity index (χ4n) is 5.67. The molecule has 2 aromatic heterocycles. The number of nitrogens with zero attached hydrogens (tertiary/aromatic N) is 6. The van der Waals surface area contributed by atoms with E-state index in [1.807, 2.05) is 36.8 Å². The molecule has 4 heterocycles. The first kappa shape index (κ1) is 33.0. The number of hydrogen-bond donors (Lipinski definition) is 1. The third-order valence-electron chi connectivity index (χ3n) is 8.06. The summed E-state index contributed by atoms with van der Waals surface area (Å²) in [5.41, 5.74) is 0.304. The standard InChI is InChI=1S/C32H35ClF3N7O3/c1-4-21-19-42(31(45)22-9-8-20(33)17-24(22)32(34,35)36)15-16-43(21)26-11-10-25(23-7-6-12-38-30(23)46-5-2)40-28(26)29(44)39-18-27-37-13-14-41(27)3/h6-12,17,21H,4-5,13-16,18-19H2,1-3H3,(H,39,44)/t21-/m1/s1. The van der Waals surface area contributed by atoms with E-state index in [9.17, 15) is 22.8 Å². The molecule has 0 radical (unpaired) electrons. The lowest BCUT2D eigenvalue weighted by Crippen LogP contribution is -2.55. The van der Waals surface area contributed by atoms with Gasteiger partial charge in [-0.1, -0.05) is 18.5 Å². The van der Waals surface area contributed by atoms with E-state index < -0.39 is 29.1 Å². The molecular weight excluding hydrogens is 623 g/mol. The molecule has 0 bridgehead atoms. The molecule has 1 fully saturated rings. The zero-order valence-electron chi connectivity index (χ0n) is 25.8. The number of aromatic nitrogens is 2. The van der Waals surface area contributed by atoms with Crippen molar-refractivity contribution < 1.29 is 27.5 Å². The van der Waals surface area contributed by atoms with Gasteiger partial charge in [-0.05, 0) is 55.8 Å². The van der Waals surface area contributed by atoms with Crippen LogP contribution in [-0.2, 0) is 6.18 Å². The van der Waals surface area contributed by atoms with Gasteiger partial charge in [0.2, 0.25) is 5.88 Å². The van der Waals surface area contributed by atoms with Crippen LogP contribution < -0.4 is 15.0 Å². The van der Waals surface area contributed by atoms with Gasteiger partial charge in [-0.15, -0.1) is 0 Å². The summed E-state index contributed by atoms with van der Waals surface area (Å²) in [6.45, 7) is 6.38. The lowest BCUT2D eigenvalue weighted by Gasteiger charge is -2.43. The number of benzene rings is 1. The van der Waals surface area contributed by atoms with Gasteiger partial charge in [-0.2, -0.15) is 13.2 Å². The SMILES string of the molecule is CCOc1ncccc1-c1ccc(N2CCN(C(=O)c3ccc(Cl)cc3C(F)(F)F)C[C@H]2CC)c(C(=O)NCC2=NCCN2C)n1. The summed E-state index contributed by atoms with van der Waals surface area (Å²) in [6, 6.07) is 10.0. The number of piperazine rings is 1. The molecule has 0 aliphatic carbocycles. The number of carbonyl (C=O) groups excluding carboxylic acids is 2. The van der Waals surface area contributed by atoms with Crippen molar-refractivity contribution >= 4 is 34.9 Å². The second-order valence-corrected chi connectivity index (χ2v) is 11.4. The smallest absolute Gasteiger partial charge is 0.417 e. The van der Waals surface area contributed by atoms with Crippen LogP contribution in [-0.4, -0.2) is 96.4 Å². The van der Waals surface area contributed by atoms with E-state index in [-0.39, 0.29) is 42.9 Å². The van der Waals surface area contributed by atoms with Gasteiger partial charge in [-0.25, -0.2) is 9.97 Å². The summed E-state index contributed by atoms with van der Waals surface area (Å²) in [5.74, 6) is 0.00882. The number of aliphatic imine (C=N–C) groups is 1. The molecule has 244 valence electrons. The minimum atomic E-state index is -4.74. The third-order valence-corrected chi connectivity index (χ3v) is 8.30. The van der Waals surface area contributed by atoms with E-state index in [4.69, 9.17) is 21.3 Å². The number of rotatable bonds is 9. The highest BCUT2D eigenvalue weighted by atomic mass is 35.5. The number of pyridine rings is 2. The number of ether oxygens (including phenoxy) is 1. The number of likely N-dealkylation sites (N-methyl/N-ethyl adjacent to an activating group) is 1. The lowest BCUT2D eigenvalue weighted by atomic mass is 10.0. The summed E-state index contributed by atoms with van der Waals surface area (Å²) >= 11 is 5.84. The second kappa shape index (κ2) is 13.9. The number of alkyl halides is 3. The third kappa shape index (κ3) is 7.04. The van der Waals surface area contributed by atoms with Crippen molar-refractivity contribution in [2.75, 3.05) is 57.8 Å². The summed E-state index contributed by atoms with van der Waals surface area (Å²) in [4.78, 5) is 46.2. The molecule has 10 nitrogen and oxygen atoms in total. The minimum Gasteiger partial charge on any atom is -0.477 e. The van der Waals surface area contributed by atoms with Gasteiger partial charge in [0.15, 0.2) is 5.69 Å². The first-order chi connectivity index (χ1) is 22.0. The first-order valence-corrected chi connectivity index (χ1v) is 15.4. The molecule has 2 aliphatic heterocycles. The number of amidine groups is 1. The molecule has 0 spiro atoms. The highest BCUT2D eigenvalue weighted by Gasteiger charge is 2.38. The van der Waals surface area contributed by atoms with E-state index >= 15 is 0 Å². The van der Waals surface area contributed by atoms with Crippen LogP contribution in [0.1, 0.15) is 46.7 Å². The Balaban J connectivity index is 1.46. The van der Waals surface area contributed by atoms with Gasteiger partial charge in [0.05, 0.1) is 47.8 Å². The Morgan fingerprint density at radius 2 is 1.91 bits per heavy atom. The normalized spacial score (nSPS) is 16.8. The lowest BCUT2D eigenvalue weighted by molar-refractivity contribution is -0.138. The van der Waals surface area contributed by atoms with Crippen molar-refractivity contribution in [3.8, 4) is 17.1 Å². The summed E-state index contributed by atoms with van der Waals surface area (Å²) in [7, 11) is 1.91. The molecule has 2 aliphatic rings. The van der Waals surface area contributed by atoms with Crippen LogP contribution in [0.2, 0.25) is 5.02 Å². The maximum Gasteiger partial charge on any atom is 0.417 e. The van der Waals surface area contributed by atoms with E-state index in [0.29, 0.717) is 42.4 Å². The minimum absolute atomic E-state index is 0.104. The van der Waals surface area contributed by atoms with Gasteiger partial charge >= 0.3 is 6.18 Å². The molecule has 1 aromatic carbocycles. The van der Waals surface area contributed by atoms with Crippen molar-refractivity contribution in [1.29, 1.82) is 0 Å². The Morgan fingerprint density at radius 3 is 2.61 bits per heavy atom. The van der Waals surface area contributed by atoms with E-state index in [2.05, 4.69) is 15.3 Å². The Bertz CT molecular complexity index is 1630. The monoisotopic (exact) mass is 657 g/mol.